The van der Waals surface area contributed by atoms with Crippen molar-refractivity contribution in [1.29, 1.82) is 0 Å². The Kier molecular flexibility index (Phi) is 5.74. The molecule has 2 N–H and O–H groups in total. The molecule has 2 fully saturated rings. The smallest absolute Gasteiger partial charge is 0.304 e. The maximum absolute atomic E-state index is 11.1. The summed E-state index contributed by atoms with van der Waals surface area (Å²) < 4.78 is 1.73. The maximum Gasteiger partial charge on any atom is 0.304 e. The first kappa shape index (κ1) is 22.0. The average Bonchev–Trinajstić information content (AvgIpc) is 3.42. The summed E-state index contributed by atoms with van der Waals surface area (Å²) in [6.45, 7) is 2.37. The predicted molar refractivity (Wildman–Crippen MR) is 126 cm³/mol. The zero-order chi connectivity index (χ0) is 23.7. The number of pyridine rings is 1. The van der Waals surface area contributed by atoms with E-state index in [2.05, 4.69) is 37.4 Å². The Morgan fingerprint density at radius 1 is 1.26 bits per heavy atom. The summed E-state index contributed by atoms with van der Waals surface area (Å²) in [7, 11) is 1.85. The minimum Gasteiger partial charge on any atom is -0.481 e. The van der Waals surface area contributed by atoms with E-state index in [0.29, 0.717) is 29.8 Å². The van der Waals surface area contributed by atoms with Gasteiger partial charge in [-0.15, -0.1) is 5.10 Å². The Labute approximate surface area is 198 Å². The number of anilines is 1. The van der Waals surface area contributed by atoms with E-state index in [9.17, 15) is 4.79 Å². The summed E-state index contributed by atoms with van der Waals surface area (Å²) in [6, 6.07) is 5.80. The number of aryl methyl sites for hydroxylation is 2. The molecule has 0 spiro atoms. The monoisotopic (exact) mass is 457 g/mol. The number of aliphatic carboxylic acids is 1. The molecular formula is C25H27N7O2. The molecule has 0 saturated heterocycles. The van der Waals surface area contributed by atoms with Gasteiger partial charge in [0.15, 0.2) is 0 Å². The van der Waals surface area contributed by atoms with Crippen LogP contribution in [0, 0.1) is 24.2 Å². The molecule has 2 aliphatic carbocycles. The minimum absolute atomic E-state index is 0.0911. The van der Waals surface area contributed by atoms with Crippen molar-refractivity contribution >= 4 is 11.9 Å². The third kappa shape index (κ3) is 4.62. The Morgan fingerprint density at radius 3 is 2.76 bits per heavy atom. The molecule has 0 amide bonds. The van der Waals surface area contributed by atoms with Gasteiger partial charge in [-0.05, 0) is 50.8 Å². The van der Waals surface area contributed by atoms with Crippen LogP contribution < -0.4 is 5.32 Å². The molecule has 174 valence electrons. The summed E-state index contributed by atoms with van der Waals surface area (Å²) in [5.41, 5.74) is 4.57. The van der Waals surface area contributed by atoms with Crippen LogP contribution in [-0.4, -0.2) is 41.0 Å². The van der Waals surface area contributed by atoms with Crippen LogP contribution in [0.2, 0.25) is 0 Å². The van der Waals surface area contributed by atoms with Crippen molar-refractivity contribution < 1.29 is 9.90 Å². The summed E-state index contributed by atoms with van der Waals surface area (Å²) in [6.07, 6.45) is 7.21. The predicted octanol–water partition coefficient (Wildman–Crippen LogP) is 3.46. The van der Waals surface area contributed by atoms with Crippen molar-refractivity contribution in [2.24, 2.45) is 12.5 Å². The van der Waals surface area contributed by atoms with Gasteiger partial charge in [0.25, 0.3) is 0 Å². The van der Waals surface area contributed by atoms with Crippen molar-refractivity contribution in [3.8, 4) is 23.2 Å². The molecule has 2 aliphatic rings. The lowest BCUT2D eigenvalue weighted by Gasteiger charge is -2.24. The molecule has 5 rings (SSSR count). The van der Waals surface area contributed by atoms with E-state index in [1.165, 1.54) is 19.3 Å². The second-order valence-electron chi connectivity index (χ2n) is 9.23. The molecular weight excluding hydrogens is 430 g/mol. The van der Waals surface area contributed by atoms with Gasteiger partial charge < -0.3 is 10.4 Å². The highest BCUT2D eigenvalue weighted by Gasteiger charge is 2.43. The molecule has 0 unspecified atom stereocenters. The number of nitrogens with one attached hydrogen (secondary N) is 1. The number of carboxylic acid groups (broad SMARTS) is 1. The molecule has 3 aromatic rings. The fourth-order valence-corrected chi connectivity index (χ4v) is 4.14. The highest BCUT2D eigenvalue weighted by molar-refractivity contribution is 5.69. The number of hydrogen-bond donors (Lipinski definition) is 2. The molecule has 3 heterocycles. The van der Waals surface area contributed by atoms with E-state index in [0.717, 1.165) is 35.5 Å². The van der Waals surface area contributed by atoms with E-state index in [4.69, 9.17) is 10.1 Å². The normalized spacial score (nSPS) is 16.3. The van der Waals surface area contributed by atoms with Crippen molar-refractivity contribution in [3.63, 3.8) is 0 Å². The Bertz CT molecular complexity index is 1300. The molecule has 3 aromatic heterocycles. The molecule has 0 atom stereocenters. The van der Waals surface area contributed by atoms with E-state index >= 15 is 0 Å². The lowest BCUT2D eigenvalue weighted by molar-refractivity contribution is -0.137. The van der Waals surface area contributed by atoms with Crippen molar-refractivity contribution in [3.05, 3.63) is 47.0 Å². The third-order valence-electron chi connectivity index (χ3n) is 6.69. The van der Waals surface area contributed by atoms with Gasteiger partial charge >= 0.3 is 5.97 Å². The first-order valence-corrected chi connectivity index (χ1v) is 11.6. The van der Waals surface area contributed by atoms with Gasteiger partial charge in [-0.25, -0.2) is 14.6 Å². The Morgan fingerprint density at radius 2 is 2.09 bits per heavy atom. The zero-order valence-electron chi connectivity index (χ0n) is 19.4. The van der Waals surface area contributed by atoms with Crippen LogP contribution in [0.15, 0.2) is 24.4 Å². The first-order chi connectivity index (χ1) is 16.4. The van der Waals surface area contributed by atoms with Gasteiger partial charge in [0.2, 0.25) is 5.95 Å². The highest BCUT2D eigenvalue weighted by Crippen LogP contribution is 2.48. The molecule has 0 bridgehead atoms. The van der Waals surface area contributed by atoms with E-state index in [1.54, 1.807) is 10.9 Å². The van der Waals surface area contributed by atoms with Crippen molar-refractivity contribution in [2.75, 3.05) is 5.32 Å². The second kappa shape index (κ2) is 8.86. The highest BCUT2D eigenvalue weighted by atomic mass is 16.4. The van der Waals surface area contributed by atoms with Gasteiger partial charge in [0.1, 0.15) is 5.69 Å². The van der Waals surface area contributed by atoms with Crippen LogP contribution in [0.5, 0.6) is 0 Å². The largest absolute Gasteiger partial charge is 0.481 e. The number of nitrogens with zero attached hydrogens (tertiary/aromatic N) is 6. The SMILES string of the molecule is Cc1nc(-c2nnn(C)c2CNc2nccc(C3CCC3)n2)ccc1C#CC1(CC(=O)O)CC1. The summed E-state index contributed by atoms with van der Waals surface area (Å²) >= 11 is 0. The van der Waals surface area contributed by atoms with E-state index < -0.39 is 5.97 Å². The lowest BCUT2D eigenvalue weighted by Crippen LogP contribution is -2.13. The lowest BCUT2D eigenvalue weighted by atomic mass is 9.83. The van der Waals surface area contributed by atoms with Crippen LogP contribution in [0.4, 0.5) is 5.95 Å². The van der Waals surface area contributed by atoms with Crippen molar-refractivity contribution in [2.45, 2.75) is 57.9 Å². The third-order valence-corrected chi connectivity index (χ3v) is 6.69. The van der Waals surface area contributed by atoms with Crippen LogP contribution >= 0.6 is 0 Å². The number of carboxylic acids is 1. The number of carbonyl (C=O) groups is 1. The first-order valence-electron chi connectivity index (χ1n) is 11.6. The van der Waals surface area contributed by atoms with Crippen LogP contribution in [0.25, 0.3) is 11.4 Å². The molecule has 0 aromatic carbocycles. The van der Waals surface area contributed by atoms with E-state index in [1.807, 2.05) is 32.2 Å². The summed E-state index contributed by atoms with van der Waals surface area (Å²) in [5, 5.41) is 20.9. The van der Waals surface area contributed by atoms with Gasteiger partial charge in [0, 0.05) is 35.8 Å². The second-order valence-corrected chi connectivity index (χ2v) is 9.23. The minimum atomic E-state index is -0.805. The average molecular weight is 458 g/mol. The summed E-state index contributed by atoms with van der Waals surface area (Å²) in [4.78, 5) is 24.8. The van der Waals surface area contributed by atoms with Crippen LogP contribution in [0.3, 0.4) is 0 Å². The number of aromatic nitrogens is 6. The standard InChI is InChI=1S/C25H27N7O2/c1-16-17(8-10-25(11-12-25)14-22(33)34)6-7-20(28-16)23-21(32(2)31-30-23)15-27-24-26-13-9-19(29-24)18-4-3-5-18/h6-7,9,13,18H,3-5,11-12,14-15H2,1-2H3,(H,33,34)(H,26,27,29). The molecule has 0 radical (unpaired) electrons. The summed E-state index contributed by atoms with van der Waals surface area (Å²) in [5.74, 6) is 6.65. The van der Waals surface area contributed by atoms with Crippen LogP contribution in [-0.2, 0) is 18.4 Å². The molecule has 2 saturated carbocycles. The molecule has 9 nitrogen and oxygen atoms in total. The fourth-order valence-electron chi connectivity index (χ4n) is 4.14. The zero-order valence-corrected chi connectivity index (χ0v) is 19.4. The number of rotatable bonds is 7. The van der Waals surface area contributed by atoms with E-state index in [-0.39, 0.29) is 11.8 Å². The van der Waals surface area contributed by atoms with Gasteiger partial charge in [-0.1, -0.05) is 23.5 Å². The van der Waals surface area contributed by atoms with Gasteiger partial charge in [-0.3, -0.25) is 9.78 Å². The van der Waals surface area contributed by atoms with Crippen LogP contribution in [0.1, 0.15) is 67.1 Å². The Hall–Kier alpha value is -3.80. The number of hydrogen-bond acceptors (Lipinski definition) is 7. The maximum atomic E-state index is 11.1. The van der Waals surface area contributed by atoms with Gasteiger partial charge in [0.05, 0.1) is 30.0 Å². The Balaban J connectivity index is 1.32. The molecule has 9 heteroatoms. The van der Waals surface area contributed by atoms with Crippen molar-refractivity contribution in [1.82, 2.24) is 29.9 Å². The topological polar surface area (TPSA) is 119 Å². The van der Waals surface area contributed by atoms with Gasteiger partial charge in [-0.2, -0.15) is 0 Å². The fraction of sp³-hybridized carbons (Fsp3) is 0.440. The molecule has 34 heavy (non-hydrogen) atoms. The quantitative estimate of drug-likeness (QED) is 0.518. The molecule has 0 aliphatic heterocycles.